The van der Waals surface area contributed by atoms with Crippen LogP contribution in [0, 0.1) is 0 Å². The van der Waals surface area contributed by atoms with Gasteiger partial charge in [-0.2, -0.15) is 13.1 Å². The summed E-state index contributed by atoms with van der Waals surface area (Å²) in [5.41, 5.74) is 1.44. The second-order valence-electron chi connectivity index (χ2n) is 2.73. The summed E-state index contributed by atoms with van der Waals surface area (Å²) in [5, 5.41) is 0.599. The van der Waals surface area contributed by atoms with Gasteiger partial charge in [-0.15, -0.1) is 0 Å². The Morgan fingerprint density at radius 3 is 2.92 bits per heavy atom. The van der Waals surface area contributed by atoms with E-state index in [0.717, 1.165) is 5.56 Å². The largest absolute Gasteiger partial charge is 0.299 e. The van der Waals surface area contributed by atoms with Gasteiger partial charge in [-0.3, -0.25) is 4.72 Å². The van der Waals surface area contributed by atoms with Crippen molar-refractivity contribution in [3.63, 3.8) is 0 Å². The molecule has 0 bridgehead atoms. The van der Waals surface area contributed by atoms with Gasteiger partial charge in [0.15, 0.2) is 0 Å². The third kappa shape index (κ3) is 1.77. The number of hydrogen-bond donors (Lipinski definition) is 2. The lowest BCUT2D eigenvalue weighted by Gasteiger charge is -2.18. The molecule has 1 heterocycles. The van der Waals surface area contributed by atoms with Crippen molar-refractivity contribution in [1.29, 1.82) is 0 Å². The maximum atomic E-state index is 11.0. The first-order valence-corrected chi connectivity index (χ1v) is 5.49. The predicted molar refractivity (Wildman–Crippen MR) is 50.8 cm³/mol. The average molecular weight is 219 g/mol. The van der Waals surface area contributed by atoms with E-state index in [1.165, 1.54) is 0 Å². The number of fused-ring (bicyclic) bond motifs is 1. The van der Waals surface area contributed by atoms with Crippen LogP contribution < -0.4 is 9.44 Å². The van der Waals surface area contributed by atoms with Crippen LogP contribution in [0.2, 0.25) is 5.02 Å². The van der Waals surface area contributed by atoms with Crippen LogP contribution in [0.5, 0.6) is 0 Å². The van der Waals surface area contributed by atoms with Crippen molar-refractivity contribution in [2.75, 3.05) is 4.72 Å². The van der Waals surface area contributed by atoms with Crippen molar-refractivity contribution in [2.45, 2.75) is 6.54 Å². The zero-order chi connectivity index (χ0) is 9.47. The number of hydrogen-bond acceptors (Lipinski definition) is 2. The van der Waals surface area contributed by atoms with Gasteiger partial charge in [0, 0.05) is 11.6 Å². The van der Waals surface area contributed by atoms with Gasteiger partial charge < -0.3 is 0 Å². The molecule has 2 N–H and O–H groups in total. The van der Waals surface area contributed by atoms with Crippen molar-refractivity contribution >= 4 is 27.5 Å². The molecular formula is C7H7ClN2O2S. The van der Waals surface area contributed by atoms with Crippen molar-refractivity contribution < 1.29 is 8.42 Å². The lowest BCUT2D eigenvalue weighted by molar-refractivity contribution is 0.584. The predicted octanol–water partition coefficient (Wildman–Crippen LogP) is 1.10. The Bertz CT molecular complexity index is 444. The third-order valence-electron chi connectivity index (χ3n) is 1.76. The van der Waals surface area contributed by atoms with E-state index in [4.69, 9.17) is 11.6 Å². The van der Waals surface area contributed by atoms with Gasteiger partial charge in [-0.1, -0.05) is 11.6 Å². The molecule has 0 saturated carbocycles. The van der Waals surface area contributed by atoms with Crippen molar-refractivity contribution in [3.05, 3.63) is 28.8 Å². The van der Waals surface area contributed by atoms with E-state index in [1.807, 2.05) is 0 Å². The molecule has 2 rings (SSSR count). The smallest absolute Gasteiger partial charge is 0.271 e. The molecular weight excluding hydrogens is 212 g/mol. The van der Waals surface area contributed by atoms with E-state index in [1.54, 1.807) is 18.2 Å². The van der Waals surface area contributed by atoms with Crippen LogP contribution in [-0.4, -0.2) is 8.42 Å². The third-order valence-corrected chi connectivity index (χ3v) is 3.01. The van der Waals surface area contributed by atoms with Crippen molar-refractivity contribution in [3.8, 4) is 0 Å². The first kappa shape index (κ1) is 8.80. The van der Waals surface area contributed by atoms with Crippen LogP contribution in [0.4, 0.5) is 5.69 Å². The van der Waals surface area contributed by atoms with Gasteiger partial charge in [0.1, 0.15) is 0 Å². The normalized spacial score (nSPS) is 18.8. The number of benzene rings is 1. The minimum atomic E-state index is -3.35. The maximum Gasteiger partial charge on any atom is 0.299 e. The van der Waals surface area contributed by atoms with Gasteiger partial charge in [-0.05, 0) is 23.8 Å². The quantitative estimate of drug-likeness (QED) is 0.685. The van der Waals surface area contributed by atoms with E-state index < -0.39 is 10.2 Å². The van der Waals surface area contributed by atoms with Gasteiger partial charge in [0.2, 0.25) is 0 Å². The number of halogens is 1. The highest BCUT2D eigenvalue weighted by atomic mass is 35.5. The molecule has 0 spiro atoms. The van der Waals surface area contributed by atoms with Crippen LogP contribution in [0.15, 0.2) is 18.2 Å². The molecule has 0 radical (unpaired) electrons. The fraction of sp³-hybridized carbons (Fsp3) is 0.143. The molecule has 0 aromatic heterocycles. The molecule has 0 fully saturated rings. The van der Waals surface area contributed by atoms with Gasteiger partial charge >= 0.3 is 0 Å². The Morgan fingerprint density at radius 1 is 1.38 bits per heavy atom. The molecule has 1 aromatic rings. The summed E-state index contributed by atoms with van der Waals surface area (Å²) in [4.78, 5) is 0. The molecule has 0 aliphatic carbocycles. The Labute approximate surface area is 81.1 Å². The summed E-state index contributed by atoms with van der Waals surface area (Å²) in [6.45, 7) is 0.283. The van der Waals surface area contributed by atoms with Crippen LogP contribution >= 0.6 is 11.6 Å². The lowest BCUT2D eigenvalue weighted by Crippen LogP contribution is -2.34. The minimum absolute atomic E-state index is 0.283. The summed E-state index contributed by atoms with van der Waals surface area (Å²) in [6, 6.07) is 5.02. The highest BCUT2D eigenvalue weighted by molar-refractivity contribution is 7.90. The Balaban J connectivity index is 2.48. The van der Waals surface area contributed by atoms with Gasteiger partial charge in [0.25, 0.3) is 10.2 Å². The topological polar surface area (TPSA) is 58.2 Å². The minimum Gasteiger partial charge on any atom is -0.271 e. The summed E-state index contributed by atoms with van der Waals surface area (Å²) in [5.74, 6) is 0. The van der Waals surface area contributed by atoms with Gasteiger partial charge in [0.05, 0.1) is 5.69 Å². The van der Waals surface area contributed by atoms with E-state index in [-0.39, 0.29) is 6.54 Å². The standard InChI is InChI=1S/C7H7ClN2O2S/c8-6-1-2-7-5(3-6)4-9-13(11,12)10-7/h1-3,9-10H,4H2. The van der Waals surface area contributed by atoms with E-state index >= 15 is 0 Å². The lowest BCUT2D eigenvalue weighted by atomic mass is 10.2. The summed E-state index contributed by atoms with van der Waals surface area (Å²) in [6.07, 6.45) is 0. The van der Waals surface area contributed by atoms with E-state index in [2.05, 4.69) is 9.44 Å². The zero-order valence-corrected chi connectivity index (χ0v) is 8.11. The molecule has 70 valence electrons. The zero-order valence-electron chi connectivity index (χ0n) is 6.54. The van der Waals surface area contributed by atoms with Crippen molar-refractivity contribution in [2.24, 2.45) is 0 Å². The highest BCUT2D eigenvalue weighted by Crippen LogP contribution is 2.23. The van der Waals surface area contributed by atoms with Crippen molar-refractivity contribution in [1.82, 2.24) is 4.72 Å². The number of nitrogens with one attached hydrogen (secondary N) is 2. The molecule has 0 saturated heterocycles. The number of rotatable bonds is 0. The summed E-state index contributed by atoms with van der Waals surface area (Å²) in [7, 11) is -3.35. The first-order valence-electron chi connectivity index (χ1n) is 3.63. The maximum absolute atomic E-state index is 11.0. The van der Waals surface area contributed by atoms with Crippen LogP contribution in [-0.2, 0) is 16.8 Å². The molecule has 13 heavy (non-hydrogen) atoms. The van der Waals surface area contributed by atoms with Crippen LogP contribution in [0.3, 0.4) is 0 Å². The Hall–Kier alpha value is -0.780. The van der Waals surface area contributed by atoms with E-state index in [9.17, 15) is 8.42 Å². The first-order chi connectivity index (χ1) is 6.07. The second kappa shape index (κ2) is 2.87. The average Bonchev–Trinajstić information content (AvgIpc) is 2.05. The van der Waals surface area contributed by atoms with E-state index in [0.29, 0.717) is 10.7 Å². The Kier molecular flexibility index (Phi) is 1.94. The SMILES string of the molecule is O=S1(=O)NCc2cc(Cl)ccc2N1. The summed E-state index contributed by atoms with van der Waals surface area (Å²) >= 11 is 5.74. The monoisotopic (exact) mass is 218 g/mol. The van der Waals surface area contributed by atoms with Crippen LogP contribution in [0.25, 0.3) is 0 Å². The molecule has 1 aliphatic rings. The second-order valence-corrected chi connectivity index (χ2v) is 4.66. The molecule has 1 aliphatic heterocycles. The highest BCUT2D eigenvalue weighted by Gasteiger charge is 2.18. The summed E-state index contributed by atoms with van der Waals surface area (Å²) < 4.78 is 26.8. The molecule has 1 aromatic carbocycles. The molecule has 0 amide bonds. The fourth-order valence-corrected chi connectivity index (χ4v) is 2.26. The number of anilines is 1. The molecule has 4 nitrogen and oxygen atoms in total. The Morgan fingerprint density at radius 2 is 2.15 bits per heavy atom. The molecule has 6 heteroatoms. The molecule has 0 atom stereocenters. The van der Waals surface area contributed by atoms with Crippen LogP contribution in [0.1, 0.15) is 5.56 Å². The van der Waals surface area contributed by atoms with Gasteiger partial charge in [-0.25, -0.2) is 0 Å². The fourth-order valence-electron chi connectivity index (χ4n) is 1.16. The molecule has 0 unspecified atom stereocenters.